The SMILES string of the molecule is N.N.N.N.Nc1nc2c(ncn2[C@@H]2O[C@H](COP(=O)(O)OP(=O)(O)OP(=O)(O)OP(=O)(O)OC[C@H]3O[C@@H](n4cnc5c(=O)[nH]c(N)nc54)[C@H](O)[C@@H]3O)[C@@H](O)[C@H]2O)c(=O)[nH]1. The third-order valence-corrected chi connectivity index (χ3v) is 13.5. The molecule has 26 N–H and O–H groups in total. The molecule has 59 heavy (non-hydrogen) atoms. The number of aliphatic hydroxyl groups is 4. The van der Waals surface area contributed by atoms with Crippen LogP contribution < -0.4 is 47.2 Å². The van der Waals surface area contributed by atoms with Crippen LogP contribution in [0.4, 0.5) is 11.9 Å². The Morgan fingerprint density at radius 1 is 0.610 bits per heavy atom. The van der Waals surface area contributed by atoms with Gasteiger partial charge in [0.2, 0.25) is 11.9 Å². The number of aromatic nitrogens is 8. The van der Waals surface area contributed by atoms with Crippen molar-refractivity contribution < 1.29 is 89.7 Å². The summed E-state index contributed by atoms with van der Waals surface area (Å²) in [6, 6.07) is 0. The average Bonchev–Trinajstić information content (AvgIpc) is 3.79. The van der Waals surface area contributed by atoms with Crippen LogP contribution in [-0.4, -0.2) is 129 Å². The third kappa shape index (κ3) is 11.1. The molecule has 6 heterocycles. The van der Waals surface area contributed by atoms with Crippen molar-refractivity contribution in [2.45, 2.75) is 49.1 Å². The first-order valence-electron chi connectivity index (χ1n) is 14.7. The third-order valence-electron chi connectivity index (χ3n) is 7.55. The minimum atomic E-state index is -6.25. The van der Waals surface area contributed by atoms with Crippen molar-refractivity contribution in [3.05, 3.63) is 33.4 Å². The summed E-state index contributed by atoms with van der Waals surface area (Å²) in [4.78, 5) is 83.4. The van der Waals surface area contributed by atoms with Crippen LogP contribution in [0.3, 0.4) is 0 Å². The van der Waals surface area contributed by atoms with Gasteiger partial charge in [0, 0.05) is 0 Å². The molecule has 0 aromatic carbocycles. The van der Waals surface area contributed by atoms with Crippen molar-refractivity contribution in [3.8, 4) is 0 Å². The Hall–Kier alpha value is -3.54. The molecular formula is C20H40N14O21P4. The maximum Gasteiger partial charge on any atom is 0.490 e. The first kappa shape index (κ1) is 51.6. The van der Waals surface area contributed by atoms with Gasteiger partial charge >= 0.3 is 31.3 Å². The number of nitrogens with two attached hydrogens (primary N) is 2. The molecule has 0 spiro atoms. The standard InChI is InChI=1S/C20H28N10O21P4.4H3N/c21-19-25-13-7(15(35)27-19)23-3-29(13)17-11(33)9(31)5(47-17)1-45-52(37,38)49-54(41,42)51-55(43,44)50-53(39,40)46-2-6-10(32)12(34)18(48-6)30-4-24-8-14(30)26-20(22)28-16(8)36;;;;/h3-6,9-12,17-18,31-34H,1-2H2,(H,37,38)(H,39,40)(H,41,42)(H,43,44)(H3,21,25,27,35)(H3,22,26,28,36);4*1H3/t5-,6-,9-,10-,11-,12-,17-,18-;;;;/m1..../s1. The molecule has 12 atom stereocenters. The van der Waals surface area contributed by atoms with Gasteiger partial charge < -0.3 is 85.5 Å². The summed E-state index contributed by atoms with van der Waals surface area (Å²) in [6.07, 6.45) is -11.9. The molecular weight excluding hydrogens is 896 g/mol. The van der Waals surface area contributed by atoms with Crippen molar-refractivity contribution in [2.24, 2.45) is 0 Å². The maximum atomic E-state index is 12.4. The van der Waals surface area contributed by atoms with E-state index in [2.05, 4.69) is 51.9 Å². The van der Waals surface area contributed by atoms with Crippen LogP contribution in [-0.2, 0) is 49.7 Å². The van der Waals surface area contributed by atoms with Gasteiger partial charge in [-0.1, -0.05) is 0 Å². The fourth-order valence-corrected chi connectivity index (χ4v) is 10.2. The molecule has 39 heteroatoms. The number of nitrogens with one attached hydrogen (secondary N) is 2. The molecule has 4 aromatic heterocycles. The number of aromatic amines is 2. The van der Waals surface area contributed by atoms with Gasteiger partial charge in [0.25, 0.3) is 11.1 Å². The van der Waals surface area contributed by atoms with E-state index in [1.807, 2.05) is 0 Å². The summed E-state index contributed by atoms with van der Waals surface area (Å²) >= 11 is 0. The first-order chi connectivity index (χ1) is 25.5. The summed E-state index contributed by atoms with van der Waals surface area (Å²) in [5.41, 5.74) is 8.68. The number of H-pyrrole nitrogens is 2. The van der Waals surface area contributed by atoms with Gasteiger partial charge in [-0.2, -0.15) is 22.9 Å². The predicted octanol–water partition coefficient (Wildman–Crippen LogP) is -3.21. The van der Waals surface area contributed by atoms with E-state index in [-0.39, 0.29) is 58.8 Å². The van der Waals surface area contributed by atoms with E-state index in [0.29, 0.717) is 0 Å². The predicted molar refractivity (Wildman–Crippen MR) is 192 cm³/mol. The number of nitrogen functional groups attached to an aromatic ring is 2. The van der Waals surface area contributed by atoms with Crippen molar-refractivity contribution in [3.63, 3.8) is 0 Å². The number of fused-ring (bicyclic) bond motifs is 2. The second kappa shape index (κ2) is 18.6. The largest absolute Gasteiger partial charge is 0.490 e. The van der Waals surface area contributed by atoms with Crippen LogP contribution in [0, 0.1) is 0 Å². The van der Waals surface area contributed by atoms with Gasteiger partial charge in [0.05, 0.1) is 25.9 Å². The monoisotopic (exact) mass is 936 g/mol. The lowest BCUT2D eigenvalue weighted by atomic mass is 10.1. The maximum absolute atomic E-state index is 12.4. The lowest BCUT2D eigenvalue weighted by Crippen LogP contribution is -2.33. The molecule has 0 saturated carbocycles. The zero-order valence-electron chi connectivity index (χ0n) is 29.5. The van der Waals surface area contributed by atoms with Gasteiger partial charge in [-0.05, 0) is 0 Å². The number of aliphatic hydroxyl groups excluding tert-OH is 4. The fourth-order valence-electron chi connectivity index (χ4n) is 5.26. The number of rotatable bonds is 14. The fraction of sp³-hybridized carbons (Fsp3) is 0.500. The zero-order chi connectivity index (χ0) is 40.4. The molecule has 2 aliphatic heterocycles. The highest BCUT2D eigenvalue weighted by Gasteiger charge is 2.50. The Kier molecular flexibility index (Phi) is 16.3. The Morgan fingerprint density at radius 3 is 1.27 bits per heavy atom. The molecule has 0 bridgehead atoms. The number of ether oxygens (including phenoxy) is 2. The summed E-state index contributed by atoms with van der Waals surface area (Å²) in [7, 11) is -24.2. The van der Waals surface area contributed by atoms with E-state index in [1.165, 1.54) is 0 Å². The quantitative estimate of drug-likeness (QED) is 0.0553. The van der Waals surface area contributed by atoms with Crippen molar-refractivity contribution in [1.82, 2.24) is 63.6 Å². The van der Waals surface area contributed by atoms with Gasteiger partial charge in [-0.15, -0.1) is 0 Å². The summed E-state index contributed by atoms with van der Waals surface area (Å²) in [6.45, 7) is -2.36. The molecule has 4 aromatic rings. The smallest absolute Gasteiger partial charge is 0.387 e. The summed E-state index contributed by atoms with van der Waals surface area (Å²) in [5, 5.41) is 41.8. The second-order valence-corrected chi connectivity index (χ2v) is 17.6. The molecule has 336 valence electrons. The first-order valence-corrected chi connectivity index (χ1v) is 20.7. The number of anilines is 2. The Labute approximate surface area is 326 Å². The molecule has 2 saturated heterocycles. The van der Waals surface area contributed by atoms with Crippen molar-refractivity contribution >= 4 is 65.5 Å². The normalized spacial score (nSPS) is 28.2. The number of hydrogen-bond acceptors (Lipinski definition) is 27. The lowest BCUT2D eigenvalue weighted by molar-refractivity contribution is -0.0505. The molecule has 0 amide bonds. The number of hydrogen-bond donors (Lipinski definition) is 16. The molecule has 0 radical (unpaired) electrons. The van der Waals surface area contributed by atoms with Gasteiger partial charge in [0.15, 0.2) is 34.8 Å². The minimum absolute atomic E-state index is 0. The average molecular weight is 937 g/mol. The van der Waals surface area contributed by atoms with Crippen LogP contribution in [0.5, 0.6) is 0 Å². The van der Waals surface area contributed by atoms with Gasteiger partial charge in [-0.3, -0.25) is 37.7 Å². The highest BCUT2D eigenvalue weighted by molar-refractivity contribution is 7.69. The van der Waals surface area contributed by atoms with E-state index < -0.39 is 105 Å². The number of nitrogens with zero attached hydrogens (tertiary/aromatic N) is 6. The van der Waals surface area contributed by atoms with Gasteiger partial charge in [0.1, 0.15) is 36.6 Å². The number of imidazole rings is 2. The van der Waals surface area contributed by atoms with Crippen LogP contribution in [0.15, 0.2) is 22.2 Å². The molecule has 4 unspecified atom stereocenters. The molecule has 35 nitrogen and oxygen atoms in total. The Balaban J connectivity index is 0.00000300. The lowest BCUT2D eigenvalue weighted by Gasteiger charge is -2.21. The van der Waals surface area contributed by atoms with E-state index >= 15 is 0 Å². The summed E-state index contributed by atoms with van der Waals surface area (Å²) < 4.78 is 82.9. The second-order valence-electron chi connectivity index (χ2n) is 11.4. The molecule has 0 aliphatic carbocycles. The Bertz CT molecular complexity index is 2270. The van der Waals surface area contributed by atoms with Gasteiger partial charge in [-0.25, -0.2) is 28.2 Å². The molecule has 2 fully saturated rings. The number of phosphoric acid groups is 4. The van der Waals surface area contributed by atoms with Crippen LogP contribution >= 0.6 is 31.3 Å². The highest BCUT2D eigenvalue weighted by Crippen LogP contribution is 2.71. The van der Waals surface area contributed by atoms with Crippen LogP contribution in [0.2, 0.25) is 0 Å². The zero-order valence-corrected chi connectivity index (χ0v) is 33.1. The Morgan fingerprint density at radius 2 is 0.932 bits per heavy atom. The molecule has 2 aliphatic rings. The van der Waals surface area contributed by atoms with E-state index in [0.717, 1.165) is 21.8 Å². The van der Waals surface area contributed by atoms with Crippen LogP contribution in [0.25, 0.3) is 22.3 Å². The highest BCUT2D eigenvalue weighted by atomic mass is 31.3. The van der Waals surface area contributed by atoms with Crippen molar-refractivity contribution in [1.29, 1.82) is 0 Å². The minimum Gasteiger partial charge on any atom is -0.387 e. The van der Waals surface area contributed by atoms with E-state index in [1.54, 1.807) is 0 Å². The summed E-state index contributed by atoms with van der Waals surface area (Å²) in [5.74, 6) is -0.680. The van der Waals surface area contributed by atoms with E-state index in [4.69, 9.17) is 20.9 Å². The van der Waals surface area contributed by atoms with E-state index in [9.17, 15) is 67.8 Å². The van der Waals surface area contributed by atoms with Crippen molar-refractivity contribution in [2.75, 3.05) is 24.7 Å². The van der Waals surface area contributed by atoms with Crippen LogP contribution in [0.1, 0.15) is 12.5 Å². The number of phosphoric ester groups is 2. The molecule has 6 rings (SSSR count). The topological polar surface area (TPSA) is 614 Å².